The molecule has 0 aliphatic carbocycles. The Balaban J connectivity index is 0.936. The van der Waals surface area contributed by atoms with Crippen LogP contribution in [0.25, 0.3) is 44.3 Å². The second-order valence-electron chi connectivity index (χ2n) is 16.1. The maximum Gasteiger partial charge on any atom is 0.175 e. The van der Waals surface area contributed by atoms with Gasteiger partial charge < -0.3 is 21.4 Å². The van der Waals surface area contributed by atoms with E-state index in [0.29, 0.717) is 23.1 Å². The first kappa shape index (κ1) is 38.5. The Morgan fingerprint density at radius 1 is 0.633 bits per heavy atom. The van der Waals surface area contributed by atoms with E-state index in [1.54, 1.807) is 12.4 Å². The number of ketones is 1. The largest absolute Gasteiger partial charge is 0.355 e. The van der Waals surface area contributed by atoms with Crippen molar-refractivity contribution in [1.82, 2.24) is 30.6 Å². The number of fused-ring (bicyclic) bond motifs is 4. The van der Waals surface area contributed by atoms with Crippen LogP contribution < -0.4 is 22.1 Å². The lowest BCUT2D eigenvalue weighted by atomic mass is 9.87. The summed E-state index contributed by atoms with van der Waals surface area (Å²) in [5.74, 6) is 0.00973. The number of nitrogens with two attached hydrogens (primary N) is 2. The molecule has 8 N–H and O–H groups in total. The van der Waals surface area contributed by atoms with Crippen molar-refractivity contribution in [3.8, 4) is 22.5 Å². The zero-order chi connectivity index (χ0) is 40.9. The summed E-state index contributed by atoms with van der Waals surface area (Å²) in [6, 6.07) is 31.5. The van der Waals surface area contributed by atoms with Crippen LogP contribution in [0.1, 0.15) is 81.5 Å². The molecule has 0 amide bonds. The summed E-state index contributed by atoms with van der Waals surface area (Å²) >= 11 is 13.7. The fourth-order valence-corrected chi connectivity index (χ4v) is 9.62. The van der Waals surface area contributed by atoms with E-state index in [1.165, 1.54) is 11.1 Å². The van der Waals surface area contributed by atoms with Crippen LogP contribution in [0.2, 0.25) is 10.0 Å². The quantitative estimate of drug-likeness (QED) is 0.0718. The summed E-state index contributed by atoms with van der Waals surface area (Å²) < 4.78 is 0. The van der Waals surface area contributed by atoms with E-state index in [-0.39, 0.29) is 17.9 Å². The molecular weight excluding hydrogens is 787 g/mol. The number of carbonyl (C=O) groups excluding carboxylic acids is 1. The molecule has 0 saturated heterocycles. The number of carbonyl (C=O) groups is 1. The third-order valence-electron chi connectivity index (χ3n) is 12.4. The zero-order valence-corrected chi connectivity index (χ0v) is 34.3. The highest BCUT2D eigenvalue weighted by atomic mass is 35.5. The van der Waals surface area contributed by atoms with E-state index in [2.05, 4.69) is 91.2 Å². The number of nitrogens with zero attached hydrogens (tertiary/aromatic N) is 2. The number of hydrogen-bond donors (Lipinski definition) is 6. The second kappa shape index (κ2) is 16.1. The van der Waals surface area contributed by atoms with Crippen LogP contribution >= 0.6 is 23.2 Å². The Labute approximate surface area is 357 Å². The van der Waals surface area contributed by atoms with Crippen LogP contribution in [-0.4, -0.2) is 25.7 Å². The van der Waals surface area contributed by atoms with Crippen LogP contribution in [0.15, 0.2) is 122 Å². The van der Waals surface area contributed by atoms with Gasteiger partial charge in [0.25, 0.3) is 0 Å². The van der Waals surface area contributed by atoms with Gasteiger partial charge in [0.1, 0.15) is 0 Å². The van der Waals surface area contributed by atoms with Crippen LogP contribution in [0.4, 0.5) is 0 Å². The van der Waals surface area contributed by atoms with Gasteiger partial charge in [-0.15, -0.1) is 0 Å². The average molecular weight is 832 g/mol. The molecule has 6 heterocycles. The van der Waals surface area contributed by atoms with Crippen molar-refractivity contribution in [2.75, 3.05) is 0 Å². The van der Waals surface area contributed by atoms with E-state index in [9.17, 15) is 0 Å². The van der Waals surface area contributed by atoms with Gasteiger partial charge >= 0.3 is 0 Å². The summed E-state index contributed by atoms with van der Waals surface area (Å²) in [5.41, 5.74) is 27.2. The van der Waals surface area contributed by atoms with Gasteiger partial charge in [-0.3, -0.25) is 25.4 Å². The molecule has 0 bridgehead atoms. The minimum atomic E-state index is -0.606. The third kappa shape index (κ3) is 7.21. The molecule has 0 spiro atoms. The Hall–Kier alpha value is -5.65. The van der Waals surface area contributed by atoms with Crippen molar-refractivity contribution in [2.45, 2.75) is 62.9 Å². The fourth-order valence-electron chi connectivity index (χ4n) is 9.15. The molecule has 60 heavy (non-hydrogen) atoms. The number of aromatic amines is 2. The first-order chi connectivity index (χ1) is 29.3. The van der Waals surface area contributed by atoms with Gasteiger partial charge in [0.2, 0.25) is 0 Å². The first-order valence-corrected chi connectivity index (χ1v) is 21.2. The van der Waals surface area contributed by atoms with Gasteiger partial charge in [-0.1, -0.05) is 59.6 Å². The molecule has 4 aromatic heterocycles. The number of nitrogens with one attached hydrogen (secondary N) is 4. The third-order valence-corrected chi connectivity index (χ3v) is 13.1. The Kier molecular flexibility index (Phi) is 10.3. The van der Waals surface area contributed by atoms with Crippen molar-refractivity contribution in [1.29, 1.82) is 0 Å². The van der Waals surface area contributed by atoms with Gasteiger partial charge in [0.15, 0.2) is 5.78 Å². The molecule has 0 saturated carbocycles. The van der Waals surface area contributed by atoms with Crippen LogP contribution in [0.5, 0.6) is 0 Å². The number of benzene rings is 4. The zero-order valence-electron chi connectivity index (χ0n) is 32.8. The monoisotopic (exact) mass is 830 g/mol. The molecule has 11 heteroatoms. The highest BCUT2D eigenvalue weighted by molar-refractivity contribution is 6.32. The first-order valence-electron chi connectivity index (χ1n) is 20.5. The molecule has 300 valence electrons. The fraction of sp³-hybridized carbons (Fsp3) is 0.204. The minimum absolute atomic E-state index is 0.00973. The highest BCUT2D eigenvalue weighted by Crippen LogP contribution is 2.45. The summed E-state index contributed by atoms with van der Waals surface area (Å²) in [6.45, 7) is 0.955. The predicted molar refractivity (Wildman–Crippen MR) is 241 cm³/mol. The number of pyridine rings is 2. The summed E-state index contributed by atoms with van der Waals surface area (Å²) in [4.78, 5) is 30.7. The van der Waals surface area contributed by atoms with E-state index >= 15 is 4.79 Å². The Morgan fingerprint density at radius 2 is 1.10 bits per heavy atom. The maximum absolute atomic E-state index is 15.0. The van der Waals surface area contributed by atoms with Gasteiger partial charge in [0.05, 0.1) is 12.1 Å². The van der Waals surface area contributed by atoms with Crippen molar-refractivity contribution < 1.29 is 4.79 Å². The highest BCUT2D eigenvalue weighted by Gasteiger charge is 2.41. The van der Waals surface area contributed by atoms with Gasteiger partial charge in [0, 0.05) is 104 Å². The smallest absolute Gasteiger partial charge is 0.175 e. The molecule has 10 rings (SSSR count). The molecule has 2 aliphatic heterocycles. The standard InChI is InChI=1S/C49H44Cl2N8O/c50-37-11-9-33(43-21-31-19-29(7-15-41(31)58-43)39(52)13-5-27-3-1-17-54-23-27)45-35(37)25-56-47(45)49(60)48-46-34(10-12-38(51)36(46)26-57-48)44-22-32-20-30(8-16-42(32)59-44)40(53)14-6-28-4-2-18-55-24-28/h1-4,7-12,15-24,39-40,47-48,56-59H,5-6,13-14,25-26,52-53H2. The van der Waals surface area contributed by atoms with Crippen LogP contribution in [0.3, 0.4) is 0 Å². The molecule has 4 aromatic carbocycles. The van der Waals surface area contributed by atoms with Crippen molar-refractivity contribution >= 4 is 50.8 Å². The normalized spacial score (nSPS) is 16.9. The summed E-state index contributed by atoms with van der Waals surface area (Å²) in [5, 5.41) is 10.4. The number of Topliss-reactive ketones (excluding diaryl/α,β-unsaturated/α-hetero) is 1. The number of halogens is 2. The molecule has 2 aliphatic rings. The molecular formula is C49H44Cl2N8O. The van der Waals surface area contributed by atoms with Crippen LogP contribution in [0, 0.1) is 0 Å². The molecule has 4 atom stereocenters. The SMILES string of the molecule is NC(CCc1cccnc1)c1ccc2[nH]c(-c3ccc(Cl)c4c3C(C(=O)C3NCc5c(Cl)ccc(-c6cc7cc(C(N)CCc8cccnc8)ccc7[nH]6)c53)NC4)cc2c1. The average Bonchev–Trinajstić information content (AvgIpc) is 4.10. The number of hydrogen-bond acceptors (Lipinski definition) is 7. The van der Waals surface area contributed by atoms with E-state index in [4.69, 9.17) is 34.7 Å². The maximum atomic E-state index is 15.0. The van der Waals surface area contributed by atoms with Crippen molar-refractivity contribution in [3.63, 3.8) is 0 Å². The van der Waals surface area contributed by atoms with Crippen LogP contribution in [-0.2, 0) is 30.7 Å². The van der Waals surface area contributed by atoms with E-state index in [1.807, 2.05) is 48.8 Å². The van der Waals surface area contributed by atoms with E-state index < -0.39 is 12.1 Å². The number of rotatable bonds is 12. The topological polar surface area (TPSA) is 151 Å². The van der Waals surface area contributed by atoms with E-state index in [0.717, 1.165) is 103 Å². The lowest BCUT2D eigenvalue weighted by Gasteiger charge is -2.21. The number of aromatic nitrogens is 4. The number of H-pyrrole nitrogens is 2. The lowest BCUT2D eigenvalue weighted by Crippen LogP contribution is -2.32. The lowest BCUT2D eigenvalue weighted by molar-refractivity contribution is -0.123. The summed E-state index contributed by atoms with van der Waals surface area (Å²) in [6.07, 6.45) is 10.7. The molecule has 0 radical (unpaired) electrons. The molecule has 0 fully saturated rings. The van der Waals surface area contributed by atoms with Crippen molar-refractivity contribution in [2.24, 2.45) is 11.5 Å². The molecule has 4 unspecified atom stereocenters. The van der Waals surface area contributed by atoms with Crippen molar-refractivity contribution in [3.05, 3.63) is 176 Å². The summed E-state index contributed by atoms with van der Waals surface area (Å²) in [7, 11) is 0. The van der Waals surface area contributed by atoms with Gasteiger partial charge in [-0.25, -0.2) is 0 Å². The minimum Gasteiger partial charge on any atom is -0.355 e. The Morgan fingerprint density at radius 3 is 1.53 bits per heavy atom. The Bertz CT molecular complexity index is 2700. The molecule has 8 aromatic rings. The van der Waals surface area contributed by atoms with Gasteiger partial charge in [-0.2, -0.15) is 0 Å². The predicted octanol–water partition coefficient (Wildman–Crippen LogP) is 9.90. The molecule has 9 nitrogen and oxygen atoms in total. The van der Waals surface area contributed by atoms with Gasteiger partial charge in [-0.05, 0) is 131 Å². The second-order valence-corrected chi connectivity index (χ2v) is 16.9. The number of aryl methyl sites for hydroxylation is 2.